The molecule has 3 nitrogen and oxygen atoms in total. The second-order valence-corrected chi connectivity index (χ2v) is 8.43. The van der Waals surface area contributed by atoms with E-state index < -0.39 is 5.82 Å². The molecule has 0 saturated carbocycles. The number of amides is 1. The standard InChI is InChI=1S/C17H18ClFN2OS2/c1-11-9-23-17(20-11)24-10-12-5-7-21(8-6-12)16(22)15-13(18)3-2-4-14(15)19/h2-4,9,12H,5-8,10H2,1H3. The van der Waals surface area contributed by atoms with Gasteiger partial charge < -0.3 is 4.90 Å². The topological polar surface area (TPSA) is 33.2 Å². The summed E-state index contributed by atoms with van der Waals surface area (Å²) in [5.41, 5.74) is 1.05. The Morgan fingerprint density at radius 2 is 2.21 bits per heavy atom. The highest BCUT2D eigenvalue weighted by Gasteiger charge is 2.27. The van der Waals surface area contributed by atoms with Crippen molar-refractivity contribution in [2.45, 2.75) is 24.1 Å². The van der Waals surface area contributed by atoms with Gasteiger partial charge in [-0.1, -0.05) is 29.4 Å². The van der Waals surface area contributed by atoms with E-state index >= 15 is 0 Å². The molecule has 1 aromatic heterocycles. The molecule has 1 aliphatic heterocycles. The molecule has 1 saturated heterocycles. The fraction of sp³-hybridized carbons (Fsp3) is 0.412. The Morgan fingerprint density at radius 3 is 2.83 bits per heavy atom. The largest absolute Gasteiger partial charge is 0.338 e. The van der Waals surface area contributed by atoms with Gasteiger partial charge in [0.25, 0.3) is 5.91 Å². The summed E-state index contributed by atoms with van der Waals surface area (Å²) >= 11 is 9.45. The highest BCUT2D eigenvalue weighted by molar-refractivity contribution is 8.01. The maximum Gasteiger partial charge on any atom is 0.258 e. The van der Waals surface area contributed by atoms with E-state index in [0.717, 1.165) is 28.6 Å². The number of hydrogen-bond donors (Lipinski definition) is 0. The van der Waals surface area contributed by atoms with E-state index in [0.29, 0.717) is 19.0 Å². The van der Waals surface area contributed by atoms with Gasteiger partial charge in [-0.05, 0) is 37.8 Å². The SMILES string of the molecule is Cc1csc(SCC2CCN(C(=O)c3c(F)cccc3Cl)CC2)n1. The van der Waals surface area contributed by atoms with Crippen LogP contribution in [-0.4, -0.2) is 34.6 Å². The molecule has 2 heterocycles. The van der Waals surface area contributed by atoms with E-state index in [1.165, 1.54) is 12.1 Å². The minimum atomic E-state index is -0.552. The summed E-state index contributed by atoms with van der Waals surface area (Å²) in [5, 5.41) is 2.23. The maximum atomic E-state index is 13.9. The van der Waals surface area contributed by atoms with Gasteiger partial charge in [-0.2, -0.15) is 0 Å². The third-order valence-electron chi connectivity index (χ3n) is 4.12. The van der Waals surface area contributed by atoms with E-state index in [4.69, 9.17) is 11.6 Å². The van der Waals surface area contributed by atoms with Crippen molar-refractivity contribution >= 4 is 40.6 Å². The van der Waals surface area contributed by atoms with Crippen molar-refractivity contribution in [3.05, 3.63) is 45.7 Å². The number of carbonyl (C=O) groups excluding carboxylic acids is 1. The smallest absolute Gasteiger partial charge is 0.258 e. The molecular formula is C17H18ClFN2OS2. The van der Waals surface area contributed by atoms with Gasteiger partial charge in [0.05, 0.1) is 10.6 Å². The lowest BCUT2D eigenvalue weighted by Gasteiger charge is -2.32. The molecule has 1 fully saturated rings. The van der Waals surface area contributed by atoms with Crippen LogP contribution < -0.4 is 0 Å². The number of thioether (sulfide) groups is 1. The molecule has 128 valence electrons. The monoisotopic (exact) mass is 384 g/mol. The van der Waals surface area contributed by atoms with Crippen LogP contribution in [0.2, 0.25) is 5.02 Å². The zero-order chi connectivity index (χ0) is 17.1. The lowest BCUT2D eigenvalue weighted by molar-refractivity contribution is 0.0694. The van der Waals surface area contributed by atoms with Gasteiger partial charge in [0.1, 0.15) is 10.2 Å². The number of benzene rings is 1. The third-order valence-corrected chi connectivity index (χ3v) is 6.80. The van der Waals surface area contributed by atoms with Gasteiger partial charge in [-0.25, -0.2) is 9.37 Å². The number of nitrogens with zero attached hydrogens (tertiary/aromatic N) is 2. The van der Waals surface area contributed by atoms with Gasteiger partial charge in [0.15, 0.2) is 0 Å². The predicted octanol–water partition coefficient (Wildman–Crippen LogP) is 4.89. The normalized spacial score (nSPS) is 15.7. The maximum absolute atomic E-state index is 13.9. The second-order valence-electron chi connectivity index (χ2n) is 5.90. The number of likely N-dealkylation sites (tertiary alicyclic amines) is 1. The average molecular weight is 385 g/mol. The summed E-state index contributed by atoms with van der Waals surface area (Å²) in [6, 6.07) is 4.34. The highest BCUT2D eigenvalue weighted by atomic mass is 35.5. The zero-order valence-corrected chi connectivity index (χ0v) is 15.7. The van der Waals surface area contributed by atoms with E-state index in [1.807, 2.05) is 6.92 Å². The molecule has 1 aromatic carbocycles. The molecule has 24 heavy (non-hydrogen) atoms. The van der Waals surface area contributed by atoms with Crippen LogP contribution in [0, 0.1) is 18.7 Å². The van der Waals surface area contributed by atoms with Crippen LogP contribution in [0.1, 0.15) is 28.9 Å². The van der Waals surface area contributed by atoms with Crippen molar-refractivity contribution in [2.24, 2.45) is 5.92 Å². The number of rotatable bonds is 4. The van der Waals surface area contributed by atoms with Crippen molar-refractivity contribution in [1.29, 1.82) is 0 Å². The van der Waals surface area contributed by atoms with Crippen molar-refractivity contribution in [3.63, 3.8) is 0 Å². The summed E-state index contributed by atoms with van der Waals surface area (Å²) in [6.07, 6.45) is 1.85. The molecule has 1 amide bonds. The van der Waals surface area contributed by atoms with Crippen molar-refractivity contribution < 1.29 is 9.18 Å². The van der Waals surface area contributed by atoms with Gasteiger partial charge in [0.2, 0.25) is 0 Å². The van der Waals surface area contributed by atoms with E-state index in [2.05, 4.69) is 10.4 Å². The average Bonchev–Trinajstić information content (AvgIpc) is 2.98. The molecule has 0 aliphatic carbocycles. The summed E-state index contributed by atoms with van der Waals surface area (Å²) in [6.45, 7) is 3.29. The van der Waals surface area contributed by atoms with Crippen LogP contribution in [0.25, 0.3) is 0 Å². The first-order valence-electron chi connectivity index (χ1n) is 7.83. The summed E-state index contributed by atoms with van der Waals surface area (Å²) < 4.78 is 15.0. The Kier molecular flexibility index (Phi) is 5.79. The Morgan fingerprint density at radius 1 is 1.46 bits per heavy atom. The lowest BCUT2D eigenvalue weighted by Crippen LogP contribution is -2.39. The molecule has 0 spiro atoms. The summed E-state index contributed by atoms with van der Waals surface area (Å²) in [5.74, 6) is 0.707. The lowest BCUT2D eigenvalue weighted by atomic mass is 9.98. The minimum absolute atomic E-state index is 0.00903. The van der Waals surface area contributed by atoms with Crippen molar-refractivity contribution in [2.75, 3.05) is 18.8 Å². The first-order valence-corrected chi connectivity index (χ1v) is 10.1. The molecule has 3 rings (SSSR count). The zero-order valence-electron chi connectivity index (χ0n) is 13.3. The molecule has 0 unspecified atom stereocenters. The molecule has 0 bridgehead atoms. The van der Waals surface area contributed by atoms with Gasteiger partial charge in [-0.15, -0.1) is 11.3 Å². The highest BCUT2D eigenvalue weighted by Crippen LogP contribution is 2.29. The molecule has 0 N–H and O–H groups in total. The number of aryl methyl sites for hydroxylation is 1. The molecule has 1 aliphatic rings. The first-order chi connectivity index (χ1) is 11.5. The van der Waals surface area contributed by atoms with Crippen LogP contribution in [0.5, 0.6) is 0 Å². The van der Waals surface area contributed by atoms with Crippen LogP contribution in [0.15, 0.2) is 27.9 Å². The van der Waals surface area contributed by atoms with Crippen LogP contribution >= 0.6 is 34.7 Å². The number of aromatic nitrogens is 1. The number of carbonyl (C=O) groups is 1. The molecule has 0 radical (unpaired) electrons. The van der Waals surface area contributed by atoms with Gasteiger partial charge in [0, 0.05) is 29.9 Å². The Bertz CT molecular complexity index is 709. The molecule has 2 aromatic rings. The van der Waals surface area contributed by atoms with E-state index in [9.17, 15) is 9.18 Å². The van der Waals surface area contributed by atoms with Crippen LogP contribution in [0.4, 0.5) is 4.39 Å². The Hall–Kier alpha value is -1.11. The summed E-state index contributed by atoms with van der Waals surface area (Å²) in [7, 11) is 0. The number of halogens is 2. The number of hydrogen-bond acceptors (Lipinski definition) is 4. The van der Waals surface area contributed by atoms with Crippen LogP contribution in [-0.2, 0) is 0 Å². The number of thiazole rings is 1. The third kappa shape index (κ3) is 4.10. The Balaban J connectivity index is 1.54. The molecular weight excluding hydrogens is 367 g/mol. The predicted molar refractivity (Wildman–Crippen MR) is 97.6 cm³/mol. The minimum Gasteiger partial charge on any atom is -0.338 e. The first kappa shape index (κ1) is 17.7. The number of piperidine rings is 1. The van der Waals surface area contributed by atoms with Crippen molar-refractivity contribution in [1.82, 2.24) is 9.88 Å². The Labute approximate surface area is 154 Å². The van der Waals surface area contributed by atoms with Crippen molar-refractivity contribution in [3.8, 4) is 0 Å². The quantitative estimate of drug-likeness (QED) is 0.704. The van der Waals surface area contributed by atoms with Crippen LogP contribution in [0.3, 0.4) is 0 Å². The summed E-state index contributed by atoms with van der Waals surface area (Å²) in [4.78, 5) is 18.7. The molecule has 7 heteroatoms. The molecule has 0 atom stereocenters. The van der Waals surface area contributed by atoms with Gasteiger partial charge >= 0.3 is 0 Å². The fourth-order valence-electron chi connectivity index (χ4n) is 2.75. The van der Waals surface area contributed by atoms with E-state index in [-0.39, 0.29) is 16.5 Å². The van der Waals surface area contributed by atoms with Gasteiger partial charge in [-0.3, -0.25) is 4.79 Å². The van der Waals surface area contributed by atoms with E-state index in [1.54, 1.807) is 34.1 Å². The second kappa shape index (κ2) is 7.85. The fourth-order valence-corrected chi connectivity index (χ4v) is 5.06.